The fourth-order valence-corrected chi connectivity index (χ4v) is 2.67. The molecule has 1 amide bonds. The summed E-state index contributed by atoms with van der Waals surface area (Å²) in [5.41, 5.74) is 1.00. The molecule has 0 atom stereocenters. The van der Waals surface area contributed by atoms with Crippen LogP contribution in [0.25, 0.3) is 11.0 Å². The second-order valence-corrected chi connectivity index (χ2v) is 5.82. The summed E-state index contributed by atoms with van der Waals surface area (Å²) in [7, 11) is 0. The normalized spacial score (nSPS) is 10.7. The Bertz CT molecular complexity index is 997. The van der Waals surface area contributed by atoms with Gasteiger partial charge in [-0.1, -0.05) is 25.5 Å². The Morgan fingerprint density at radius 3 is 2.77 bits per heavy atom. The van der Waals surface area contributed by atoms with E-state index in [1.807, 2.05) is 6.92 Å². The van der Waals surface area contributed by atoms with Gasteiger partial charge < -0.3 is 14.5 Å². The van der Waals surface area contributed by atoms with Crippen molar-refractivity contribution in [3.8, 4) is 5.75 Å². The molecule has 134 valence electrons. The molecule has 0 fully saturated rings. The lowest BCUT2D eigenvalue weighted by molar-refractivity contribution is -0.118. The summed E-state index contributed by atoms with van der Waals surface area (Å²) in [5.74, 6) is -0.619. The monoisotopic (exact) mass is 355 g/mol. The molecule has 3 rings (SSSR count). The highest BCUT2D eigenvalue weighted by Crippen LogP contribution is 2.23. The third kappa shape index (κ3) is 4.08. The molecule has 1 N–H and O–H groups in total. The van der Waals surface area contributed by atoms with E-state index in [4.69, 9.17) is 9.15 Å². The molecule has 1 heterocycles. The quantitative estimate of drug-likeness (QED) is 0.681. The van der Waals surface area contributed by atoms with Crippen LogP contribution in [0.3, 0.4) is 0 Å². The minimum absolute atomic E-state index is 0.0924. The maximum atomic E-state index is 13.5. The molecule has 0 saturated carbocycles. The maximum absolute atomic E-state index is 13.5. The Kier molecular flexibility index (Phi) is 5.31. The van der Waals surface area contributed by atoms with E-state index in [0.717, 1.165) is 23.8 Å². The highest BCUT2D eigenvalue weighted by molar-refractivity contribution is 5.92. The zero-order valence-corrected chi connectivity index (χ0v) is 14.3. The van der Waals surface area contributed by atoms with Gasteiger partial charge in [0.15, 0.2) is 6.61 Å². The molecule has 0 aliphatic carbocycles. The number of aryl methyl sites for hydroxylation is 1. The van der Waals surface area contributed by atoms with Crippen LogP contribution in [0.2, 0.25) is 0 Å². The second kappa shape index (κ2) is 7.82. The second-order valence-electron chi connectivity index (χ2n) is 5.82. The van der Waals surface area contributed by atoms with Crippen molar-refractivity contribution in [1.29, 1.82) is 0 Å². The topological polar surface area (TPSA) is 68.5 Å². The average molecular weight is 355 g/mol. The Morgan fingerprint density at radius 2 is 2.00 bits per heavy atom. The molecule has 0 aliphatic heterocycles. The van der Waals surface area contributed by atoms with Gasteiger partial charge in [0.2, 0.25) is 0 Å². The third-order valence-electron chi connectivity index (χ3n) is 3.84. The number of ether oxygens (including phenoxy) is 1. The van der Waals surface area contributed by atoms with Gasteiger partial charge in [-0.2, -0.15) is 0 Å². The molecule has 0 spiro atoms. The van der Waals surface area contributed by atoms with Crippen LogP contribution in [-0.4, -0.2) is 12.5 Å². The molecule has 2 aromatic carbocycles. The van der Waals surface area contributed by atoms with Crippen molar-refractivity contribution >= 4 is 22.6 Å². The van der Waals surface area contributed by atoms with Crippen LogP contribution in [0.4, 0.5) is 10.1 Å². The predicted octanol–water partition coefficient (Wildman–Crippen LogP) is 3.90. The van der Waals surface area contributed by atoms with Crippen LogP contribution in [-0.2, 0) is 11.2 Å². The third-order valence-corrected chi connectivity index (χ3v) is 3.84. The first-order valence-electron chi connectivity index (χ1n) is 8.31. The molecule has 0 saturated heterocycles. The SMILES string of the molecule is CCCc1cc(=O)oc2cc(OCC(=O)Nc3ccccc3F)ccc12. The van der Waals surface area contributed by atoms with Crippen LogP contribution in [0.15, 0.2) is 57.7 Å². The minimum Gasteiger partial charge on any atom is -0.484 e. The molecule has 0 aliphatic rings. The number of benzene rings is 2. The molecule has 0 radical (unpaired) electrons. The van der Waals surface area contributed by atoms with Crippen LogP contribution in [0, 0.1) is 5.82 Å². The lowest BCUT2D eigenvalue weighted by atomic mass is 10.1. The molecule has 3 aromatic rings. The average Bonchev–Trinajstić information content (AvgIpc) is 2.62. The highest BCUT2D eigenvalue weighted by atomic mass is 19.1. The molecule has 0 unspecified atom stereocenters. The maximum Gasteiger partial charge on any atom is 0.336 e. The summed E-state index contributed by atoms with van der Waals surface area (Å²) in [6.45, 7) is 1.74. The number of carbonyl (C=O) groups is 1. The summed E-state index contributed by atoms with van der Waals surface area (Å²) < 4.78 is 24.2. The van der Waals surface area contributed by atoms with Gasteiger partial charge in [0.05, 0.1) is 5.69 Å². The highest BCUT2D eigenvalue weighted by Gasteiger charge is 2.09. The summed E-state index contributed by atoms with van der Waals surface area (Å²) >= 11 is 0. The van der Waals surface area contributed by atoms with E-state index < -0.39 is 17.3 Å². The standard InChI is InChI=1S/C20H18FNO4/c1-2-5-13-10-20(24)26-18-11-14(8-9-15(13)18)25-12-19(23)22-17-7-4-3-6-16(17)21/h3-4,6-11H,2,5,12H2,1H3,(H,22,23). The summed E-state index contributed by atoms with van der Waals surface area (Å²) in [6, 6.07) is 12.5. The number of para-hydroxylation sites is 1. The van der Waals surface area contributed by atoms with E-state index >= 15 is 0 Å². The van der Waals surface area contributed by atoms with E-state index in [1.54, 1.807) is 24.3 Å². The zero-order valence-electron chi connectivity index (χ0n) is 14.3. The number of halogens is 1. The van der Waals surface area contributed by atoms with Gasteiger partial charge in [0.1, 0.15) is 17.1 Å². The van der Waals surface area contributed by atoms with Crippen molar-refractivity contribution in [2.45, 2.75) is 19.8 Å². The Labute approximate surface area is 149 Å². The number of amides is 1. The van der Waals surface area contributed by atoms with Gasteiger partial charge in [0.25, 0.3) is 5.91 Å². The van der Waals surface area contributed by atoms with Crippen LogP contribution >= 0.6 is 0 Å². The first kappa shape index (κ1) is 17.7. The summed E-state index contributed by atoms with van der Waals surface area (Å²) in [6.07, 6.45) is 1.68. The Hall–Kier alpha value is -3.15. The Balaban J connectivity index is 1.72. The first-order chi connectivity index (χ1) is 12.6. The first-order valence-corrected chi connectivity index (χ1v) is 8.31. The number of nitrogens with one attached hydrogen (secondary N) is 1. The summed E-state index contributed by atoms with van der Waals surface area (Å²) in [5, 5.41) is 3.28. The zero-order chi connectivity index (χ0) is 18.5. The van der Waals surface area contributed by atoms with Gasteiger partial charge in [-0.25, -0.2) is 9.18 Å². The Morgan fingerprint density at radius 1 is 1.19 bits per heavy atom. The largest absolute Gasteiger partial charge is 0.484 e. The van der Waals surface area contributed by atoms with Crippen LogP contribution in [0.5, 0.6) is 5.75 Å². The van der Waals surface area contributed by atoms with Crippen molar-refractivity contribution in [3.63, 3.8) is 0 Å². The van der Waals surface area contributed by atoms with Gasteiger partial charge >= 0.3 is 5.63 Å². The number of hydrogen-bond acceptors (Lipinski definition) is 4. The molecule has 5 nitrogen and oxygen atoms in total. The molecular formula is C20H18FNO4. The van der Waals surface area contributed by atoms with E-state index in [-0.39, 0.29) is 12.3 Å². The van der Waals surface area contributed by atoms with Gasteiger partial charge in [-0.3, -0.25) is 4.79 Å². The fourth-order valence-electron chi connectivity index (χ4n) is 2.67. The minimum atomic E-state index is -0.517. The fraction of sp³-hybridized carbons (Fsp3) is 0.200. The van der Waals surface area contributed by atoms with E-state index in [2.05, 4.69) is 5.32 Å². The lowest BCUT2D eigenvalue weighted by Gasteiger charge is -2.09. The van der Waals surface area contributed by atoms with Crippen molar-refractivity contribution in [1.82, 2.24) is 0 Å². The van der Waals surface area contributed by atoms with Crippen molar-refractivity contribution in [3.05, 3.63) is 70.3 Å². The molecule has 0 bridgehead atoms. The van der Waals surface area contributed by atoms with Gasteiger partial charge in [-0.05, 0) is 36.2 Å². The van der Waals surface area contributed by atoms with Gasteiger partial charge in [0, 0.05) is 17.5 Å². The molecule has 6 heteroatoms. The predicted molar refractivity (Wildman–Crippen MR) is 97.0 cm³/mol. The van der Waals surface area contributed by atoms with Crippen LogP contribution < -0.4 is 15.7 Å². The van der Waals surface area contributed by atoms with E-state index in [0.29, 0.717) is 11.3 Å². The molecular weight excluding hydrogens is 337 g/mol. The van der Waals surface area contributed by atoms with E-state index in [9.17, 15) is 14.0 Å². The summed E-state index contributed by atoms with van der Waals surface area (Å²) in [4.78, 5) is 23.6. The van der Waals surface area contributed by atoms with E-state index in [1.165, 1.54) is 24.3 Å². The van der Waals surface area contributed by atoms with Crippen molar-refractivity contribution < 1.29 is 18.3 Å². The van der Waals surface area contributed by atoms with Crippen LogP contribution in [0.1, 0.15) is 18.9 Å². The lowest BCUT2D eigenvalue weighted by Crippen LogP contribution is -2.20. The van der Waals surface area contributed by atoms with Gasteiger partial charge in [-0.15, -0.1) is 0 Å². The number of fused-ring (bicyclic) bond motifs is 1. The number of anilines is 1. The van der Waals surface area contributed by atoms with Crippen molar-refractivity contribution in [2.75, 3.05) is 11.9 Å². The van der Waals surface area contributed by atoms with Crippen molar-refractivity contribution in [2.24, 2.45) is 0 Å². The number of rotatable bonds is 6. The number of carbonyl (C=O) groups excluding carboxylic acids is 1. The molecule has 1 aromatic heterocycles. The smallest absolute Gasteiger partial charge is 0.336 e. The molecule has 26 heavy (non-hydrogen) atoms. The number of hydrogen-bond donors (Lipinski definition) is 1.